The zero-order valence-electron chi connectivity index (χ0n) is 15.1. The second-order valence-corrected chi connectivity index (χ2v) is 6.47. The lowest BCUT2D eigenvalue weighted by Gasteiger charge is -2.33. The summed E-state index contributed by atoms with van der Waals surface area (Å²) in [6, 6.07) is 12.1. The normalized spacial score (nSPS) is 13.6. The standard InChI is InChI=1S/C20H19FN4O2/c1-24-9-10-25(18(26)12-13-7-8-17(27-2)14(21)11-13)20-19(24)22-15-5-3-4-6-16(15)23-20/h3-8,11H,9-10,12H2,1-2H3. The molecule has 0 unspecified atom stereocenters. The number of para-hydroxylation sites is 2. The maximum Gasteiger partial charge on any atom is 0.232 e. The molecule has 1 aromatic heterocycles. The predicted molar refractivity (Wildman–Crippen MR) is 102 cm³/mol. The van der Waals surface area contributed by atoms with Crippen LogP contribution in [0.1, 0.15) is 5.56 Å². The zero-order valence-corrected chi connectivity index (χ0v) is 15.1. The fraction of sp³-hybridized carbons (Fsp3) is 0.250. The van der Waals surface area contributed by atoms with Gasteiger partial charge < -0.3 is 9.64 Å². The second kappa shape index (κ2) is 6.83. The topological polar surface area (TPSA) is 58.6 Å². The van der Waals surface area contributed by atoms with Crippen molar-refractivity contribution >= 4 is 28.6 Å². The molecule has 138 valence electrons. The first kappa shape index (κ1) is 17.2. The van der Waals surface area contributed by atoms with Gasteiger partial charge in [0.2, 0.25) is 5.91 Å². The average Bonchev–Trinajstić information content (AvgIpc) is 2.67. The monoisotopic (exact) mass is 366 g/mol. The number of hydrogen-bond donors (Lipinski definition) is 0. The van der Waals surface area contributed by atoms with Gasteiger partial charge in [-0.15, -0.1) is 0 Å². The van der Waals surface area contributed by atoms with Crippen molar-refractivity contribution in [2.24, 2.45) is 0 Å². The number of halogens is 1. The van der Waals surface area contributed by atoms with Crippen LogP contribution in [-0.4, -0.2) is 43.1 Å². The molecule has 0 radical (unpaired) electrons. The molecule has 3 aromatic rings. The molecular formula is C20H19FN4O2. The quantitative estimate of drug-likeness (QED) is 0.713. The average molecular weight is 366 g/mol. The molecule has 0 N–H and O–H groups in total. The van der Waals surface area contributed by atoms with E-state index in [1.165, 1.54) is 19.2 Å². The Balaban J connectivity index is 1.66. The van der Waals surface area contributed by atoms with Gasteiger partial charge >= 0.3 is 0 Å². The minimum absolute atomic E-state index is 0.0819. The van der Waals surface area contributed by atoms with Gasteiger partial charge in [0.15, 0.2) is 23.2 Å². The van der Waals surface area contributed by atoms with Crippen LogP contribution < -0.4 is 14.5 Å². The maximum atomic E-state index is 13.9. The van der Waals surface area contributed by atoms with Crippen LogP contribution in [0.4, 0.5) is 16.0 Å². The van der Waals surface area contributed by atoms with Gasteiger partial charge in [0.1, 0.15) is 0 Å². The summed E-state index contributed by atoms with van der Waals surface area (Å²) in [6.45, 7) is 1.16. The molecule has 1 aliphatic heterocycles. The first-order chi connectivity index (χ1) is 13.1. The van der Waals surface area contributed by atoms with Gasteiger partial charge in [-0.3, -0.25) is 9.69 Å². The number of carbonyl (C=O) groups excluding carboxylic acids is 1. The molecule has 1 amide bonds. The molecule has 0 saturated heterocycles. The van der Waals surface area contributed by atoms with Crippen molar-refractivity contribution in [2.45, 2.75) is 6.42 Å². The lowest BCUT2D eigenvalue weighted by atomic mass is 10.1. The van der Waals surface area contributed by atoms with E-state index in [0.717, 1.165) is 11.0 Å². The van der Waals surface area contributed by atoms with E-state index in [4.69, 9.17) is 4.74 Å². The summed E-state index contributed by atoms with van der Waals surface area (Å²) >= 11 is 0. The molecule has 2 aromatic carbocycles. The van der Waals surface area contributed by atoms with Crippen molar-refractivity contribution in [3.05, 3.63) is 53.8 Å². The van der Waals surface area contributed by atoms with Gasteiger partial charge in [0.25, 0.3) is 0 Å². The number of nitrogens with zero attached hydrogens (tertiary/aromatic N) is 4. The number of likely N-dealkylation sites (N-methyl/N-ethyl adjacent to an activating group) is 1. The zero-order chi connectivity index (χ0) is 19.0. The fourth-order valence-corrected chi connectivity index (χ4v) is 3.21. The number of methoxy groups -OCH3 is 1. The molecule has 0 aliphatic carbocycles. The Morgan fingerprint density at radius 3 is 2.48 bits per heavy atom. The van der Waals surface area contributed by atoms with Gasteiger partial charge in [0.05, 0.1) is 24.6 Å². The van der Waals surface area contributed by atoms with Crippen LogP contribution in [0.5, 0.6) is 5.75 Å². The first-order valence-corrected chi connectivity index (χ1v) is 8.67. The van der Waals surface area contributed by atoms with Crippen molar-refractivity contribution in [1.82, 2.24) is 9.97 Å². The van der Waals surface area contributed by atoms with E-state index < -0.39 is 5.82 Å². The first-order valence-electron chi connectivity index (χ1n) is 8.67. The smallest absolute Gasteiger partial charge is 0.232 e. The van der Waals surface area contributed by atoms with Crippen LogP contribution in [0.25, 0.3) is 11.0 Å². The highest BCUT2D eigenvalue weighted by atomic mass is 19.1. The van der Waals surface area contributed by atoms with Gasteiger partial charge in [-0.2, -0.15) is 0 Å². The molecule has 2 heterocycles. The maximum absolute atomic E-state index is 13.9. The number of ether oxygens (including phenoxy) is 1. The van der Waals surface area contributed by atoms with Gasteiger partial charge in [-0.25, -0.2) is 14.4 Å². The van der Waals surface area contributed by atoms with Crippen molar-refractivity contribution in [1.29, 1.82) is 0 Å². The molecule has 7 heteroatoms. The van der Waals surface area contributed by atoms with E-state index in [-0.39, 0.29) is 18.1 Å². The summed E-state index contributed by atoms with van der Waals surface area (Å²) in [5.74, 6) is 0.759. The summed E-state index contributed by atoms with van der Waals surface area (Å²) in [5, 5.41) is 0. The number of rotatable bonds is 3. The van der Waals surface area contributed by atoms with Crippen LogP contribution in [0.15, 0.2) is 42.5 Å². The van der Waals surface area contributed by atoms with Gasteiger partial charge in [0, 0.05) is 20.1 Å². The number of carbonyl (C=O) groups is 1. The lowest BCUT2D eigenvalue weighted by Crippen LogP contribution is -2.44. The molecule has 6 nitrogen and oxygen atoms in total. The van der Waals surface area contributed by atoms with E-state index in [0.29, 0.717) is 30.3 Å². The molecule has 0 saturated carbocycles. The molecule has 0 atom stereocenters. The summed E-state index contributed by atoms with van der Waals surface area (Å²) in [5.41, 5.74) is 2.11. The third-order valence-corrected chi connectivity index (χ3v) is 4.68. The third-order valence-electron chi connectivity index (χ3n) is 4.68. The van der Waals surface area contributed by atoms with E-state index in [9.17, 15) is 9.18 Å². The minimum Gasteiger partial charge on any atom is -0.494 e. The van der Waals surface area contributed by atoms with E-state index >= 15 is 0 Å². The summed E-state index contributed by atoms with van der Waals surface area (Å²) in [4.78, 5) is 25.9. The summed E-state index contributed by atoms with van der Waals surface area (Å²) < 4.78 is 18.9. The highest BCUT2D eigenvalue weighted by Crippen LogP contribution is 2.31. The van der Waals surface area contributed by atoms with E-state index in [2.05, 4.69) is 9.97 Å². The Morgan fingerprint density at radius 1 is 1.11 bits per heavy atom. The highest BCUT2D eigenvalue weighted by Gasteiger charge is 2.28. The molecule has 0 spiro atoms. The Hall–Kier alpha value is -3.22. The Labute approximate surface area is 156 Å². The second-order valence-electron chi connectivity index (χ2n) is 6.47. The van der Waals surface area contributed by atoms with Crippen LogP contribution in [0.3, 0.4) is 0 Å². The van der Waals surface area contributed by atoms with Crippen molar-refractivity contribution < 1.29 is 13.9 Å². The fourth-order valence-electron chi connectivity index (χ4n) is 3.21. The largest absolute Gasteiger partial charge is 0.494 e. The van der Waals surface area contributed by atoms with Gasteiger partial charge in [-0.05, 0) is 29.8 Å². The van der Waals surface area contributed by atoms with Gasteiger partial charge in [-0.1, -0.05) is 18.2 Å². The molecule has 1 aliphatic rings. The van der Waals surface area contributed by atoms with Crippen molar-refractivity contribution in [2.75, 3.05) is 37.0 Å². The van der Waals surface area contributed by atoms with E-state index in [1.54, 1.807) is 11.0 Å². The Morgan fingerprint density at radius 2 is 1.81 bits per heavy atom. The summed E-state index contributed by atoms with van der Waals surface area (Å²) in [7, 11) is 3.34. The molecular weight excluding hydrogens is 347 g/mol. The van der Waals surface area contributed by atoms with Crippen LogP contribution in [-0.2, 0) is 11.2 Å². The predicted octanol–water partition coefficient (Wildman–Crippen LogP) is 2.80. The number of anilines is 2. The molecule has 27 heavy (non-hydrogen) atoms. The minimum atomic E-state index is -0.479. The van der Waals surface area contributed by atoms with E-state index in [1.807, 2.05) is 36.2 Å². The lowest BCUT2D eigenvalue weighted by molar-refractivity contribution is -0.118. The molecule has 4 rings (SSSR count). The number of fused-ring (bicyclic) bond motifs is 2. The highest BCUT2D eigenvalue weighted by molar-refractivity contribution is 5.98. The third kappa shape index (κ3) is 3.16. The molecule has 0 bridgehead atoms. The van der Waals surface area contributed by atoms with Crippen molar-refractivity contribution in [3.63, 3.8) is 0 Å². The number of benzene rings is 2. The van der Waals surface area contributed by atoms with Crippen LogP contribution >= 0.6 is 0 Å². The Kier molecular flexibility index (Phi) is 4.35. The number of amides is 1. The number of hydrogen-bond acceptors (Lipinski definition) is 5. The van der Waals surface area contributed by atoms with Crippen LogP contribution in [0, 0.1) is 5.82 Å². The van der Waals surface area contributed by atoms with Crippen molar-refractivity contribution in [3.8, 4) is 5.75 Å². The SMILES string of the molecule is COc1ccc(CC(=O)N2CCN(C)c3nc4ccccc4nc32)cc1F. The summed E-state index contributed by atoms with van der Waals surface area (Å²) in [6.07, 6.45) is 0.0819. The molecule has 0 fully saturated rings. The Bertz CT molecular complexity index is 1020. The number of aromatic nitrogens is 2. The van der Waals surface area contributed by atoms with Crippen LogP contribution in [0.2, 0.25) is 0 Å².